The molecule has 0 bridgehead atoms. The number of halogens is 2. The zero-order valence-corrected chi connectivity index (χ0v) is 11.4. The second kappa shape index (κ2) is 5.08. The lowest BCUT2D eigenvalue weighted by atomic mass is 10.3. The first-order valence-corrected chi connectivity index (χ1v) is 6.61. The van der Waals surface area contributed by atoms with E-state index in [0.717, 1.165) is 9.35 Å². The average molecular weight is 319 g/mol. The fraction of sp³-hybridized carbons (Fsp3) is 0.0909. The standard InChI is InChI=1S/C11H9BrClNOS/c12-7-3-9(16-6-7)5-15-11-2-1-8(14)4-10(11)13/h1-4,6H,5,14H2. The minimum Gasteiger partial charge on any atom is -0.487 e. The van der Waals surface area contributed by atoms with Gasteiger partial charge in [-0.05, 0) is 40.2 Å². The predicted molar refractivity (Wildman–Crippen MR) is 72.2 cm³/mol. The molecular formula is C11H9BrClNOS. The molecule has 16 heavy (non-hydrogen) atoms. The Morgan fingerprint density at radius 3 is 2.81 bits per heavy atom. The number of rotatable bonds is 3. The van der Waals surface area contributed by atoms with Gasteiger partial charge in [-0.25, -0.2) is 0 Å². The largest absolute Gasteiger partial charge is 0.487 e. The van der Waals surface area contributed by atoms with Crippen molar-refractivity contribution in [1.29, 1.82) is 0 Å². The topological polar surface area (TPSA) is 35.2 Å². The van der Waals surface area contributed by atoms with Crippen molar-refractivity contribution in [2.24, 2.45) is 0 Å². The van der Waals surface area contributed by atoms with Crippen LogP contribution in [0.15, 0.2) is 34.1 Å². The molecule has 0 unspecified atom stereocenters. The zero-order chi connectivity index (χ0) is 11.5. The van der Waals surface area contributed by atoms with Gasteiger partial charge in [-0.3, -0.25) is 0 Å². The van der Waals surface area contributed by atoms with Gasteiger partial charge in [0.05, 0.1) is 5.02 Å². The van der Waals surface area contributed by atoms with Gasteiger partial charge in [-0.15, -0.1) is 11.3 Å². The summed E-state index contributed by atoms with van der Waals surface area (Å²) in [5.41, 5.74) is 6.23. The summed E-state index contributed by atoms with van der Waals surface area (Å²) in [7, 11) is 0. The fourth-order valence-corrected chi connectivity index (χ4v) is 2.82. The highest BCUT2D eigenvalue weighted by Crippen LogP contribution is 2.28. The van der Waals surface area contributed by atoms with Crippen LogP contribution in [0.2, 0.25) is 5.02 Å². The number of hydrogen-bond donors (Lipinski definition) is 1. The summed E-state index contributed by atoms with van der Waals surface area (Å²) < 4.78 is 6.66. The molecule has 0 spiro atoms. The molecule has 2 rings (SSSR count). The third kappa shape index (κ3) is 2.90. The molecule has 1 aromatic carbocycles. The van der Waals surface area contributed by atoms with Crippen LogP contribution in [0.1, 0.15) is 4.88 Å². The van der Waals surface area contributed by atoms with E-state index in [1.807, 2.05) is 11.4 Å². The van der Waals surface area contributed by atoms with Gasteiger partial charge in [0.25, 0.3) is 0 Å². The van der Waals surface area contributed by atoms with Crippen molar-refractivity contribution in [3.63, 3.8) is 0 Å². The molecule has 0 radical (unpaired) electrons. The highest BCUT2D eigenvalue weighted by molar-refractivity contribution is 9.10. The van der Waals surface area contributed by atoms with E-state index < -0.39 is 0 Å². The maximum absolute atomic E-state index is 5.99. The monoisotopic (exact) mass is 317 g/mol. The quantitative estimate of drug-likeness (QED) is 0.855. The molecule has 2 nitrogen and oxygen atoms in total. The van der Waals surface area contributed by atoms with E-state index in [2.05, 4.69) is 15.9 Å². The van der Waals surface area contributed by atoms with E-state index in [9.17, 15) is 0 Å². The van der Waals surface area contributed by atoms with Gasteiger partial charge in [0, 0.05) is 20.4 Å². The van der Waals surface area contributed by atoms with E-state index in [-0.39, 0.29) is 0 Å². The average Bonchev–Trinajstić information content (AvgIpc) is 2.63. The molecule has 1 heterocycles. The molecule has 0 amide bonds. The van der Waals surface area contributed by atoms with E-state index in [1.165, 1.54) is 0 Å². The summed E-state index contributed by atoms with van der Waals surface area (Å²) in [6.45, 7) is 0.514. The number of hydrogen-bond acceptors (Lipinski definition) is 3. The summed E-state index contributed by atoms with van der Waals surface area (Å²) in [6.07, 6.45) is 0. The summed E-state index contributed by atoms with van der Waals surface area (Å²) in [5, 5.41) is 2.55. The van der Waals surface area contributed by atoms with Gasteiger partial charge in [0.15, 0.2) is 0 Å². The van der Waals surface area contributed by atoms with Gasteiger partial charge >= 0.3 is 0 Å². The maximum Gasteiger partial charge on any atom is 0.138 e. The molecule has 2 aromatic rings. The third-order valence-electron chi connectivity index (χ3n) is 1.95. The van der Waals surface area contributed by atoms with Crippen molar-refractivity contribution in [3.8, 4) is 5.75 Å². The minimum absolute atomic E-state index is 0.514. The minimum atomic E-state index is 0.514. The molecule has 2 N–H and O–H groups in total. The number of benzene rings is 1. The smallest absolute Gasteiger partial charge is 0.138 e. The molecule has 0 saturated carbocycles. The van der Waals surface area contributed by atoms with Crippen molar-refractivity contribution in [3.05, 3.63) is 44.0 Å². The Morgan fingerprint density at radius 2 is 2.19 bits per heavy atom. The number of thiophene rings is 1. The molecule has 1 aromatic heterocycles. The van der Waals surface area contributed by atoms with Gasteiger partial charge in [0.2, 0.25) is 0 Å². The second-order valence-electron chi connectivity index (χ2n) is 3.21. The second-order valence-corrected chi connectivity index (χ2v) is 5.53. The van der Waals surface area contributed by atoms with E-state index in [4.69, 9.17) is 22.1 Å². The highest BCUT2D eigenvalue weighted by Gasteiger charge is 2.03. The maximum atomic E-state index is 5.99. The Hall–Kier alpha value is -0.710. The number of nitrogens with two attached hydrogens (primary N) is 1. The normalized spacial score (nSPS) is 10.4. The van der Waals surface area contributed by atoms with Crippen molar-refractivity contribution < 1.29 is 4.74 Å². The van der Waals surface area contributed by atoms with Crippen LogP contribution >= 0.6 is 38.9 Å². The van der Waals surface area contributed by atoms with Crippen molar-refractivity contribution in [1.82, 2.24) is 0 Å². The predicted octanol–water partition coefficient (Wildman–Crippen LogP) is 4.33. The fourth-order valence-electron chi connectivity index (χ4n) is 1.21. The van der Waals surface area contributed by atoms with Gasteiger partial charge in [-0.2, -0.15) is 0 Å². The van der Waals surface area contributed by atoms with Crippen LogP contribution in [0.4, 0.5) is 5.69 Å². The lowest BCUT2D eigenvalue weighted by Crippen LogP contribution is -1.94. The Balaban J connectivity index is 2.04. The van der Waals surface area contributed by atoms with Crippen LogP contribution in [-0.2, 0) is 6.61 Å². The first-order chi connectivity index (χ1) is 7.65. The van der Waals surface area contributed by atoms with Crippen LogP contribution in [0.3, 0.4) is 0 Å². The van der Waals surface area contributed by atoms with E-state index in [1.54, 1.807) is 29.5 Å². The van der Waals surface area contributed by atoms with Gasteiger partial charge < -0.3 is 10.5 Å². The molecule has 0 saturated heterocycles. The molecule has 0 atom stereocenters. The van der Waals surface area contributed by atoms with Crippen molar-refractivity contribution >= 4 is 44.6 Å². The first-order valence-electron chi connectivity index (χ1n) is 4.56. The van der Waals surface area contributed by atoms with Crippen LogP contribution in [-0.4, -0.2) is 0 Å². The van der Waals surface area contributed by atoms with Crippen molar-refractivity contribution in [2.45, 2.75) is 6.61 Å². The third-order valence-corrected chi connectivity index (χ3v) is 3.91. The molecule has 0 fully saturated rings. The highest BCUT2D eigenvalue weighted by atomic mass is 79.9. The SMILES string of the molecule is Nc1ccc(OCc2cc(Br)cs2)c(Cl)c1. The van der Waals surface area contributed by atoms with E-state index >= 15 is 0 Å². The summed E-state index contributed by atoms with van der Waals surface area (Å²) >= 11 is 11.0. The first kappa shape index (κ1) is 11.8. The number of anilines is 1. The Kier molecular flexibility index (Phi) is 3.74. The van der Waals surface area contributed by atoms with Gasteiger partial charge in [-0.1, -0.05) is 11.6 Å². The van der Waals surface area contributed by atoms with Crippen LogP contribution < -0.4 is 10.5 Å². The van der Waals surface area contributed by atoms with Crippen LogP contribution in [0.25, 0.3) is 0 Å². The Morgan fingerprint density at radius 1 is 1.38 bits per heavy atom. The Labute approximate surface area is 111 Å². The number of ether oxygens (including phenoxy) is 1. The molecule has 84 valence electrons. The lowest BCUT2D eigenvalue weighted by Gasteiger charge is -2.06. The van der Waals surface area contributed by atoms with Gasteiger partial charge in [0.1, 0.15) is 12.4 Å². The van der Waals surface area contributed by atoms with Crippen molar-refractivity contribution in [2.75, 3.05) is 5.73 Å². The molecule has 0 aliphatic rings. The van der Waals surface area contributed by atoms with Crippen LogP contribution in [0.5, 0.6) is 5.75 Å². The van der Waals surface area contributed by atoms with E-state index in [0.29, 0.717) is 23.1 Å². The summed E-state index contributed by atoms with van der Waals surface area (Å²) in [6, 6.07) is 7.25. The zero-order valence-electron chi connectivity index (χ0n) is 8.24. The molecular weight excluding hydrogens is 310 g/mol. The number of nitrogen functional groups attached to an aromatic ring is 1. The molecule has 5 heteroatoms. The van der Waals surface area contributed by atoms with Crippen LogP contribution in [0, 0.1) is 0 Å². The lowest BCUT2D eigenvalue weighted by molar-refractivity contribution is 0.310. The molecule has 0 aliphatic carbocycles. The summed E-state index contributed by atoms with van der Waals surface area (Å²) in [5.74, 6) is 0.653. The molecule has 0 aliphatic heterocycles. The Bertz CT molecular complexity index is 500. The summed E-state index contributed by atoms with van der Waals surface area (Å²) in [4.78, 5) is 1.14.